The Hall–Kier alpha value is -0.870. The summed E-state index contributed by atoms with van der Waals surface area (Å²) in [6.45, 7) is 4.12. The van der Waals surface area contributed by atoms with Gasteiger partial charge in [-0.25, -0.2) is 0 Å². The molecule has 0 aromatic carbocycles. The van der Waals surface area contributed by atoms with Crippen LogP contribution in [0.1, 0.15) is 29.8 Å². The summed E-state index contributed by atoms with van der Waals surface area (Å²) in [4.78, 5) is 15.2. The Morgan fingerprint density at radius 3 is 2.53 bits per heavy atom. The number of carbonyl (C=O) groups is 1. The Balaban J connectivity index is 3.08. The number of rotatable bonds is 5. The Labute approximate surface area is 107 Å². The van der Waals surface area contributed by atoms with Gasteiger partial charge < -0.3 is 9.64 Å². The number of hydrogen-bond acceptors (Lipinski definition) is 4. The van der Waals surface area contributed by atoms with E-state index in [-0.39, 0.29) is 17.9 Å². The van der Waals surface area contributed by atoms with Crippen molar-refractivity contribution in [3.05, 3.63) is 21.9 Å². The van der Waals surface area contributed by atoms with Crippen molar-refractivity contribution in [2.45, 2.75) is 26.3 Å². The van der Waals surface area contributed by atoms with Gasteiger partial charge in [0.1, 0.15) is 0 Å². The summed E-state index contributed by atoms with van der Waals surface area (Å²) in [6, 6.07) is 2.20. The van der Waals surface area contributed by atoms with E-state index in [9.17, 15) is 4.79 Å². The lowest BCUT2D eigenvalue weighted by Gasteiger charge is -2.30. The van der Waals surface area contributed by atoms with Crippen LogP contribution in [0.2, 0.25) is 0 Å². The predicted octanol–water partition coefficient (Wildman–Crippen LogP) is 2.86. The van der Waals surface area contributed by atoms with Crippen LogP contribution in [0.15, 0.2) is 11.4 Å². The van der Waals surface area contributed by atoms with Gasteiger partial charge in [-0.05, 0) is 44.4 Å². The highest BCUT2D eigenvalue weighted by atomic mass is 32.1. The van der Waals surface area contributed by atoms with Crippen molar-refractivity contribution in [3.8, 4) is 0 Å². The minimum atomic E-state index is -0.126. The summed E-state index contributed by atoms with van der Waals surface area (Å²) in [5.74, 6) is -0.230. The molecule has 0 fully saturated rings. The number of methoxy groups -OCH3 is 1. The van der Waals surface area contributed by atoms with E-state index in [1.165, 1.54) is 17.6 Å². The molecule has 3 nitrogen and oxygen atoms in total. The van der Waals surface area contributed by atoms with Crippen molar-refractivity contribution in [3.63, 3.8) is 0 Å². The average Bonchev–Trinajstić information content (AvgIpc) is 2.70. The molecular weight excluding hydrogens is 234 g/mol. The van der Waals surface area contributed by atoms with E-state index >= 15 is 0 Å². The number of ether oxygens (including phenoxy) is 1. The van der Waals surface area contributed by atoms with Crippen molar-refractivity contribution in [2.75, 3.05) is 21.2 Å². The van der Waals surface area contributed by atoms with Gasteiger partial charge in [-0.15, -0.1) is 11.3 Å². The van der Waals surface area contributed by atoms with Crippen LogP contribution >= 0.6 is 11.3 Å². The highest BCUT2D eigenvalue weighted by Gasteiger charge is 2.32. The summed E-state index contributed by atoms with van der Waals surface area (Å²) in [6.07, 6.45) is 0.785. The van der Waals surface area contributed by atoms with Crippen molar-refractivity contribution in [1.29, 1.82) is 0 Å². The van der Waals surface area contributed by atoms with Crippen molar-refractivity contribution >= 4 is 17.3 Å². The molecule has 1 aromatic heterocycles. The zero-order valence-electron chi connectivity index (χ0n) is 11.2. The highest BCUT2D eigenvalue weighted by Crippen LogP contribution is 2.35. The van der Waals surface area contributed by atoms with E-state index in [2.05, 4.69) is 23.3 Å². The maximum absolute atomic E-state index is 11.9. The lowest BCUT2D eigenvalue weighted by Crippen LogP contribution is -2.32. The van der Waals surface area contributed by atoms with Gasteiger partial charge in [0.05, 0.1) is 19.1 Å². The van der Waals surface area contributed by atoms with Crippen molar-refractivity contribution in [2.24, 2.45) is 5.92 Å². The van der Waals surface area contributed by atoms with Crippen LogP contribution in [-0.2, 0) is 9.53 Å². The molecule has 0 amide bonds. The van der Waals surface area contributed by atoms with Gasteiger partial charge in [0.25, 0.3) is 0 Å². The molecule has 0 saturated carbocycles. The summed E-state index contributed by atoms with van der Waals surface area (Å²) in [7, 11) is 5.48. The van der Waals surface area contributed by atoms with Crippen LogP contribution in [-0.4, -0.2) is 32.1 Å². The van der Waals surface area contributed by atoms with E-state index in [1.807, 2.05) is 21.0 Å². The quantitative estimate of drug-likeness (QED) is 0.758. The summed E-state index contributed by atoms with van der Waals surface area (Å²) >= 11 is 1.71. The van der Waals surface area contributed by atoms with E-state index in [4.69, 9.17) is 4.74 Å². The van der Waals surface area contributed by atoms with E-state index in [0.29, 0.717) is 0 Å². The molecular formula is C13H21NO2S. The molecule has 0 aliphatic heterocycles. The van der Waals surface area contributed by atoms with Crippen molar-refractivity contribution in [1.82, 2.24) is 4.90 Å². The zero-order valence-corrected chi connectivity index (χ0v) is 12.0. The second-order valence-corrected chi connectivity index (χ2v) is 5.36. The van der Waals surface area contributed by atoms with Crippen LogP contribution in [0.4, 0.5) is 0 Å². The highest BCUT2D eigenvalue weighted by molar-refractivity contribution is 7.10. The van der Waals surface area contributed by atoms with Gasteiger partial charge in [-0.1, -0.05) is 6.92 Å². The molecule has 4 heteroatoms. The first-order valence-electron chi connectivity index (χ1n) is 5.81. The predicted molar refractivity (Wildman–Crippen MR) is 71.3 cm³/mol. The van der Waals surface area contributed by atoms with Crippen LogP contribution < -0.4 is 0 Å². The zero-order chi connectivity index (χ0) is 13.0. The fraction of sp³-hybridized carbons (Fsp3) is 0.615. The summed E-state index contributed by atoms with van der Waals surface area (Å²) in [5, 5.41) is 2.07. The standard InChI is InChI=1S/C13H21NO2S/c1-6-10(13(15)16-5)11(14(3)4)12-9(2)7-8-17-12/h7-8,10-11H,6H2,1-5H3. The Morgan fingerprint density at radius 2 is 2.18 bits per heavy atom. The normalized spacial score (nSPS) is 14.7. The third kappa shape index (κ3) is 3.07. The lowest BCUT2D eigenvalue weighted by atomic mass is 9.93. The smallest absolute Gasteiger partial charge is 0.310 e. The number of aryl methyl sites for hydroxylation is 1. The molecule has 0 aliphatic rings. The maximum Gasteiger partial charge on any atom is 0.310 e. The molecule has 17 heavy (non-hydrogen) atoms. The summed E-state index contributed by atoms with van der Waals surface area (Å²) < 4.78 is 4.91. The largest absolute Gasteiger partial charge is 0.469 e. The molecule has 0 N–H and O–H groups in total. The number of hydrogen-bond donors (Lipinski definition) is 0. The topological polar surface area (TPSA) is 29.5 Å². The molecule has 1 aromatic rings. The van der Waals surface area contributed by atoms with Crippen LogP contribution in [0, 0.1) is 12.8 Å². The van der Waals surface area contributed by atoms with Crippen LogP contribution in [0.5, 0.6) is 0 Å². The van der Waals surface area contributed by atoms with E-state index in [1.54, 1.807) is 11.3 Å². The first-order chi connectivity index (χ1) is 8.02. The molecule has 2 atom stereocenters. The minimum absolute atomic E-state index is 0.104. The number of thiophene rings is 1. The van der Waals surface area contributed by atoms with E-state index in [0.717, 1.165) is 6.42 Å². The molecule has 1 rings (SSSR count). The van der Waals surface area contributed by atoms with Crippen molar-refractivity contribution < 1.29 is 9.53 Å². The molecule has 0 aliphatic carbocycles. The Kier molecular flexibility index (Phi) is 5.15. The van der Waals surface area contributed by atoms with E-state index < -0.39 is 0 Å². The number of esters is 1. The molecule has 2 unspecified atom stereocenters. The number of carbonyl (C=O) groups excluding carboxylic acids is 1. The second kappa shape index (κ2) is 6.17. The molecule has 1 heterocycles. The summed E-state index contributed by atoms with van der Waals surface area (Å²) in [5.41, 5.74) is 1.25. The third-order valence-corrected chi connectivity index (χ3v) is 4.14. The molecule has 0 saturated heterocycles. The monoisotopic (exact) mass is 255 g/mol. The minimum Gasteiger partial charge on any atom is -0.469 e. The first-order valence-corrected chi connectivity index (χ1v) is 6.69. The third-order valence-electron chi connectivity index (χ3n) is 3.05. The molecule has 0 bridgehead atoms. The van der Waals surface area contributed by atoms with Gasteiger partial charge in [-0.3, -0.25) is 4.79 Å². The van der Waals surface area contributed by atoms with Gasteiger partial charge in [0.15, 0.2) is 0 Å². The maximum atomic E-state index is 11.9. The number of nitrogens with zero attached hydrogens (tertiary/aromatic N) is 1. The van der Waals surface area contributed by atoms with Gasteiger partial charge >= 0.3 is 5.97 Å². The second-order valence-electron chi connectivity index (χ2n) is 4.41. The van der Waals surface area contributed by atoms with Crippen LogP contribution in [0.25, 0.3) is 0 Å². The molecule has 0 radical (unpaired) electrons. The fourth-order valence-electron chi connectivity index (χ4n) is 2.13. The average molecular weight is 255 g/mol. The fourth-order valence-corrected chi connectivity index (χ4v) is 3.32. The Bertz CT molecular complexity index is 373. The SMILES string of the molecule is CCC(C(=O)OC)C(c1sccc1C)N(C)C. The molecule has 0 spiro atoms. The first kappa shape index (κ1) is 14.2. The Morgan fingerprint density at radius 1 is 1.53 bits per heavy atom. The lowest BCUT2D eigenvalue weighted by molar-refractivity contribution is -0.147. The van der Waals surface area contributed by atoms with Gasteiger partial charge in [0.2, 0.25) is 0 Å². The molecule has 96 valence electrons. The van der Waals surface area contributed by atoms with Gasteiger partial charge in [-0.2, -0.15) is 0 Å². The van der Waals surface area contributed by atoms with Gasteiger partial charge in [0, 0.05) is 4.88 Å². The van der Waals surface area contributed by atoms with Crippen LogP contribution in [0.3, 0.4) is 0 Å².